The van der Waals surface area contributed by atoms with Crippen LogP contribution in [0.25, 0.3) is 11.6 Å². The summed E-state index contributed by atoms with van der Waals surface area (Å²) in [4.78, 5) is 39.7. The Labute approximate surface area is 190 Å². The maximum atomic E-state index is 13.5. The van der Waals surface area contributed by atoms with Gasteiger partial charge in [0, 0.05) is 23.7 Å². The molecule has 1 N–H and O–H groups in total. The number of benzene rings is 3. The van der Waals surface area contributed by atoms with Crippen LogP contribution in [0.5, 0.6) is 11.5 Å². The molecule has 0 saturated carbocycles. The predicted molar refractivity (Wildman–Crippen MR) is 122 cm³/mol. The summed E-state index contributed by atoms with van der Waals surface area (Å²) in [5.41, 5.74) is 3.50. The standard InChI is InChI=1S/C26H20N2O5/c1-27-24(29)18-9-6-16(7-10-18)12-21-19-4-2-3-5-20(19)25(30)28(26(21)31)14-17-8-11-22-23(13-17)33-15-32-22/h2-13H,14-15H2,1H3,(H,27,29). The number of amides is 3. The van der Waals surface area contributed by atoms with Crippen LogP contribution >= 0.6 is 0 Å². The van der Waals surface area contributed by atoms with Crippen molar-refractivity contribution in [1.82, 2.24) is 10.2 Å². The van der Waals surface area contributed by atoms with Crippen LogP contribution < -0.4 is 14.8 Å². The molecule has 0 aliphatic carbocycles. The third kappa shape index (κ3) is 3.74. The van der Waals surface area contributed by atoms with Crippen molar-refractivity contribution in [3.8, 4) is 11.5 Å². The first-order valence-electron chi connectivity index (χ1n) is 10.4. The number of carbonyl (C=O) groups excluding carboxylic acids is 3. The molecule has 0 saturated heterocycles. The second-order valence-electron chi connectivity index (χ2n) is 7.69. The van der Waals surface area contributed by atoms with Gasteiger partial charge in [0.2, 0.25) is 6.79 Å². The van der Waals surface area contributed by atoms with Crippen molar-refractivity contribution in [2.24, 2.45) is 0 Å². The van der Waals surface area contributed by atoms with Crippen molar-refractivity contribution >= 4 is 29.4 Å². The van der Waals surface area contributed by atoms with E-state index < -0.39 is 0 Å². The molecule has 2 aliphatic rings. The highest BCUT2D eigenvalue weighted by atomic mass is 16.7. The third-order valence-corrected chi connectivity index (χ3v) is 5.66. The predicted octanol–water partition coefficient (Wildman–Crippen LogP) is 3.50. The summed E-state index contributed by atoms with van der Waals surface area (Å²) in [6.45, 7) is 0.259. The summed E-state index contributed by atoms with van der Waals surface area (Å²) >= 11 is 0. The van der Waals surface area contributed by atoms with Crippen molar-refractivity contribution < 1.29 is 23.9 Å². The molecule has 164 valence electrons. The first kappa shape index (κ1) is 20.5. The second-order valence-corrected chi connectivity index (χ2v) is 7.69. The molecule has 2 aliphatic heterocycles. The number of nitrogens with one attached hydrogen (secondary N) is 1. The van der Waals surface area contributed by atoms with Gasteiger partial charge in [0.1, 0.15) is 0 Å². The molecule has 0 bridgehead atoms. The van der Waals surface area contributed by atoms with Crippen LogP contribution in [-0.2, 0) is 11.3 Å². The molecular weight excluding hydrogens is 420 g/mol. The van der Waals surface area contributed by atoms with E-state index in [2.05, 4.69) is 5.32 Å². The summed E-state index contributed by atoms with van der Waals surface area (Å²) in [6, 6.07) is 19.4. The van der Waals surface area contributed by atoms with E-state index in [-0.39, 0.29) is 31.1 Å². The number of rotatable bonds is 4. The van der Waals surface area contributed by atoms with Crippen molar-refractivity contribution in [3.05, 3.63) is 94.5 Å². The molecule has 0 aromatic heterocycles. The number of imide groups is 1. The molecular formula is C26H20N2O5. The lowest BCUT2D eigenvalue weighted by Gasteiger charge is -2.29. The van der Waals surface area contributed by atoms with E-state index in [9.17, 15) is 14.4 Å². The Hall–Kier alpha value is -4.39. The number of ether oxygens (including phenoxy) is 2. The molecule has 0 radical (unpaired) electrons. The number of hydrogen-bond donors (Lipinski definition) is 1. The largest absolute Gasteiger partial charge is 0.454 e. The Morgan fingerprint density at radius 3 is 2.42 bits per heavy atom. The van der Waals surface area contributed by atoms with Crippen LogP contribution in [0.3, 0.4) is 0 Å². The highest BCUT2D eigenvalue weighted by Crippen LogP contribution is 2.35. The van der Waals surface area contributed by atoms with Gasteiger partial charge in [-0.2, -0.15) is 0 Å². The maximum Gasteiger partial charge on any atom is 0.261 e. The van der Waals surface area contributed by atoms with Crippen LogP contribution in [0.2, 0.25) is 0 Å². The van der Waals surface area contributed by atoms with E-state index in [1.807, 2.05) is 6.07 Å². The Bertz CT molecular complexity index is 1310. The third-order valence-electron chi connectivity index (χ3n) is 5.66. The van der Waals surface area contributed by atoms with E-state index in [0.29, 0.717) is 33.8 Å². The first-order valence-corrected chi connectivity index (χ1v) is 10.4. The molecule has 33 heavy (non-hydrogen) atoms. The van der Waals surface area contributed by atoms with Crippen LogP contribution in [-0.4, -0.2) is 36.5 Å². The lowest BCUT2D eigenvalue weighted by molar-refractivity contribution is -0.123. The summed E-state index contributed by atoms with van der Waals surface area (Å²) in [5, 5.41) is 2.58. The molecule has 0 atom stereocenters. The minimum absolute atomic E-state index is 0.107. The quantitative estimate of drug-likeness (QED) is 0.496. The average molecular weight is 440 g/mol. The van der Waals surface area contributed by atoms with Crippen LogP contribution in [0.1, 0.15) is 37.4 Å². The Balaban J connectivity index is 1.51. The maximum absolute atomic E-state index is 13.5. The van der Waals surface area contributed by atoms with E-state index in [1.165, 1.54) is 4.90 Å². The molecule has 5 rings (SSSR count). The van der Waals surface area contributed by atoms with Crippen LogP contribution in [0.4, 0.5) is 0 Å². The lowest BCUT2D eigenvalue weighted by atomic mass is 9.91. The topological polar surface area (TPSA) is 84.9 Å². The van der Waals surface area contributed by atoms with Crippen molar-refractivity contribution in [1.29, 1.82) is 0 Å². The zero-order chi connectivity index (χ0) is 22.9. The summed E-state index contributed by atoms with van der Waals surface area (Å²) in [7, 11) is 1.57. The average Bonchev–Trinajstić information content (AvgIpc) is 3.32. The number of hydrogen-bond acceptors (Lipinski definition) is 5. The highest BCUT2D eigenvalue weighted by molar-refractivity contribution is 6.33. The molecule has 2 heterocycles. The summed E-state index contributed by atoms with van der Waals surface area (Å²) < 4.78 is 10.8. The Morgan fingerprint density at radius 2 is 1.67 bits per heavy atom. The fourth-order valence-corrected chi connectivity index (χ4v) is 3.95. The van der Waals surface area contributed by atoms with E-state index in [0.717, 1.165) is 11.1 Å². The van der Waals surface area contributed by atoms with E-state index in [1.54, 1.807) is 73.8 Å². The van der Waals surface area contributed by atoms with Gasteiger partial charge in [0.05, 0.1) is 6.54 Å². The number of carbonyl (C=O) groups is 3. The zero-order valence-electron chi connectivity index (χ0n) is 17.8. The van der Waals surface area contributed by atoms with Gasteiger partial charge in [-0.05, 0) is 53.1 Å². The smallest absolute Gasteiger partial charge is 0.261 e. The zero-order valence-corrected chi connectivity index (χ0v) is 17.8. The molecule has 7 heteroatoms. The van der Waals surface area contributed by atoms with E-state index >= 15 is 0 Å². The minimum atomic E-state index is -0.383. The summed E-state index contributed by atoms with van der Waals surface area (Å²) in [5.74, 6) is 0.318. The molecule has 7 nitrogen and oxygen atoms in total. The summed E-state index contributed by atoms with van der Waals surface area (Å²) in [6.07, 6.45) is 1.74. The minimum Gasteiger partial charge on any atom is -0.454 e. The first-order chi connectivity index (χ1) is 16.0. The van der Waals surface area contributed by atoms with Gasteiger partial charge in [-0.25, -0.2) is 0 Å². The van der Waals surface area contributed by atoms with Gasteiger partial charge in [-0.15, -0.1) is 0 Å². The van der Waals surface area contributed by atoms with Gasteiger partial charge < -0.3 is 14.8 Å². The van der Waals surface area contributed by atoms with Crippen molar-refractivity contribution in [2.75, 3.05) is 13.8 Å². The number of nitrogens with zero attached hydrogens (tertiary/aromatic N) is 1. The molecule has 0 spiro atoms. The van der Waals surface area contributed by atoms with Gasteiger partial charge in [0.15, 0.2) is 11.5 Å². The monoisotopic (exact) mass is 440 g/mol. The van der Waals surface area contributed by atoms with E-state index in [4.69, 9.17) is 9.47 Å². The molecule has 0 unspecified atom stereocenters. The molecule has 3 aromatic rings. The Morgan fingerprint density at radius 1 is 0.939 bits per heavy atom. The van der Waals surface area contributed by atoms with Crippen molar-refractivity contribution in [2.45, 2.75) is 6.54 Å². The molecule has 3 aromatic carbocycles. The second kappa shape index (κ2) is 8.27. The highest BCUT2D eigenvalue weighted by Gasteiger charge is 2.34. The van der Waals surface area contributed by atoms with Gasteiger partial charge in [-0.3, -0.25) is 19.3 Å². The molecule has 0 fully saturated rings. The van der Waals surface area contributed by atoms with Crippen LogP contribution in [0, 0.1) is 0 Å². The Kier molecular flexibility index (Phi) is 5.14. The SMILES string of the molecule is CNC(=O)c1ccc(C=C2C(=O)N(Cc3ccc4c(c3)OCO4)C(=O)c3ccccc32)cc1. The fraction of sp³-hybridized carbons (Fsp3) is 0.115. The van der Waals surface area contributed by atoms with Crippen molar-refractivity contribution in [3.63, 3.8) is 0 Å². The fourth-order valence-electron chi connectivity index (χ4n) is 3.95. The normalized spacial score (nSPS) is 15.5. The molecule has 3 amide bonds. The number of fused-ring (bicyclic) bond motifs is 2. The van der Waals surface area contributed by atoms with Crippen LogP contribution in [0.15, 0.2) is 66.7 Å². The van der Waals surface area contributed by atoms with Gasteiger partial charge >= 0.3 is 0 Å². The van der Waals surface area contributed by atoms with Gasteiger partial charge in [-0.1, -0.05) is 36.4 Å². The van der Waals surface area contributed by atoms with Gasteiger partial charge in [0.25, 0.3) is 17.7 Å². The lowest BCUT2D eigenvalue weighted by Crippen LogP contribution is -2.41.